The van der Waals surface area contributed by atoms with Crippen LogP contribution in [0.2, 0.25) is 0 Å². The molecule has 23 heavy (non-hydrogen) atoms. The number of hydrogen-bond acceptors (Lipinski definition) is 3. The van der Waals surface area contributed by atoms with Gasteiger partial charge in [0, 0.05) is 30.4 Å². The van der Waals surface area contributed by atoms with Gasteiger partial charge in [-0.1, -0.05) is 24.3 Å². The fraction of sp³-hybridized carbons (Fsp3) is 0.350. The fourth-order valence-corrected chi connectivity index (χ4v) is 3.71. The number of nitrogens with zero attached hydrogens (tertiary/aromatic N) is 1. The van der Waals surface area contributed by atoms with Crippen molar-refractivity contribution in [2.75, 3.05) is 18.4 Å². The lowest BCUT2D eigenvalue weighted by Gasteiger charge is -2.28. The van der Waals surface area contributed by atoms with E-state index in [0.29, 0.717) is 12.6 Å². The monoisotopic (exact) mass is 306 g/mol. The summed E-state index contributed by atoms with van der Waals surface area (Å²) < 4.78 is 0. The first-order valence-electron chi connectivity index (χ1n) is 8.41. The number of fused-ring (bicyclic) bond motifs is 2. The van der Waals surface area contributed by atoms with Gasteiger partial charge >= 0.3 is 0 Å². The number of Topliss-reactive ketones (excluding diaryl/α,β-unsaturated/α-hetero) is 1. The summed E-state index contributed by atoms with van der Waals surface area (Å²) in [7, 11) is 0. The number of anilines is 1. The first kappa shape index (κ1) is 14.5. The average molecular weight is 306 g/mol. The van der Waals surface area contributed by atoms with Crippen molar-refractivity contribution in [1.82, 2.24) is 4.90 Å². The highest BCUT2D eigenvalue weighted by molar-refractivity contribution is 5.98. The number of benzene rings is 2. The molecule has 2 aliphatic rings. The molecule has 2 aliphatic heterocycles. The van der Waals surface area contributed by atoms with E-state index >= 15 is 0 Å². The fourth-order valence-electron chi connectivity index (χ4n) is 3.71. The second-order valence-electron chi connectivity index (χ2n) is 6.77. The third-order valence-electron chi connectivity index (χ3n) is 4.93. The summed E-state index contributed by atoms with van der Waals surface area (Å²) in [5.74, 6) is 0.228. The number of ketones is 1. The molecule has 0 bridgehead atoms. The molecule has 0 aliphatic carbocycles. The van der Waals surface area contributed by atoms with Crippen molar-refractivity contribution in [1.29, 1.82) is 0 Å². The highest BCUT2D eigenvalue weighted by atomic mass is 16.1. The van der Waals surface area contributed by atoms with Crippen molar-refractivity contribution in [3.8, 4) is 0 Å². The maximum absolute atomic E-state index is 12.6. The molecule has 1 unspecified atom stereocenters. The van der Waals surface area contributed by atoms with Crippen LogP contribution in [0.15, 0.2) is 42.5 Å². The first-order chi connectivity index (χ1) is 11.2. The molecule has 3 nitrogen and oxygen atoms in total. The van der Waals surface area contributed by atoms with Crippen LogP contribution in [0, 0.1) is 0 Å². The Hall–Kier alpha value is -2.13. The second kappa shape index (κ2) is 5.82. The van der Waals surface area contributed by atoms with Crippen molar-refractivity contribution in [3.05, 3.63) is 64.7 Å². The summed E-state index contributed by atoms with van der Waals surface area (Å²) in [5, 5.41) is 3.43. The van der Waals surface area contributed by atoms with Crippen molar-refractivity contribution in [2.24, 2.45) is 0 Å². The molecule has 4 rings (SSSR count). The van der Waals surface area contributed by atoms with Gasteiger partial charge in [0.25, 0.3) is 0 Å². The van der Waals surface area contributed by atoms with Crippen LogP contribution in [-0.4, -0.2) is 29.8 Å². The summed E-state index contributed by atoms with van der Waals surface area (Å²) >= 11 is 0. The lowest BCUT2D eigenvalue weighted by Crippen LogP contribution is -2.34. The van der Waals surface area contributed by atoms with Crippen LogP contribution in [0.25, 0.3) is 0 Å². The van der Waals surface area contributed by atoms with Gasteiger partial charge in [-0.3, -0.25) is 9.69 Å². The summed E-state index contributed by atoms with van der Waals surface area (Å²) in [6.45, 7) is 4.53. The number of rotatable bonds is 3. The molecule has 2 aromatic carbocycles. The SMILES string of the molecule is CC1Cc2cc(C(=O)CN3CCc4ccccc4C3)ccc2N1. The Kier molecular flexibility index (Phi) is 3.66. The standard InChI is InChI=1S/C20H22N2O/c1-14-10-18-11-16(6-7-19(18)21-14)20(23)13-22-9-8-15-4-2-3-5-17(15)12-22/h2-7,11,14,21H,8-10,12-13H2,1H3. The molecule has 2 aromatic rings. The van der Waals surface area contributed by atoms with Crippen LogP contribution >= 0.6 is 0 Å². The van der Waals surface area contributed by atoms with Gasteiger partial charge in [-0.25, -0.2) is 0 Å². The van der Waals surface area contributed by atoms with E-state index in [1.807, 2.05) is 6.07 Å². The molecular formula is C20H22N2O. The predicted octanol–water partition coefficient (Wildman–Crippen LogP) is 3.28. The molecule has 0 fully saturated rings. The second-order valence-corrected chi connectivity index (χ2v) is 6.77. The predicted molar refractivity (Wildman–Crippen MR) is 93.0 cm³/mol. The molecule has 0 spiro atoms. The molecule has 1 atom stereocenters. The minimum atomic E-state index is 0.228. The molecule has 0 amide bonds. The summed E-state index contributed by atoms with van der Waals surface area (Å²) in [4.78, 5) is 14.9. The summed E-state index contributed by atoms with van der Waals surface area (Å²) in [5.41, 5.74) is 6.08. The summed E-state index contributed by atoms with van der Waals surface area (Å²) in [6, 6.07) is 15.1. The highest BCUT2D eigenvalue weighted by Crippen LogP contribution is 2.27. The third kappa shape index (κ3) is 2.89. The highest BCUT2D eigenvalue weighted by Gasteiger charge is 2.21. The van der Waals surface area contributed by atoms with Gasteiger partial charge in [-0.15, -0.1) is 0 Å². The zero-order valence-electron chi connectivity index (χ0n) is 13.5. The summed E-state index contributed by atoms with van der Waals surface area (Å²) in [6.07, 6.45) is 2.04. The normalized spacial score (nSPS) is 19.8. The van der Waals surface area contributed by atoms with Gasteiger partial charge in [0.2, 0.25) is 0 Å². The van der Waals surface area contributed by atoms with E-state index in [4.69, 9.17) is 0 Å². The Morgan fingerprint density at radius 3 is 2.87 bits per heavy atom. The van der Waals surface area contributed by atoms with Crippen molar-refractivity contribution in [3.63, 3.8) is 0 Å². The quantitative estimate of drug-likeness (QED) is 0.883. The van der Waals surface area contributed by atoms with Crippen molar-refractivity contribution < 1.29 is 4.79 Å². The van der Waals surface area contributed by atoms with Crippen molar-refractivity contribution in [2.45, 2.75) is 32.4 Å². The lowest BCUT2D eigenvalue weighted by molar-refractivity contribution is 0.0921. The largest absolute Gasteiger partial charge is 0.382 e. The van der Waals surface area contributed by atoms with Gasteiger partial charge in [-0.2, -0.15) is 0 Å². The van der Waals surface area contributed by atoms with E-state index in [0.717, 1.165) is 31.5 Å². The maximum Gasteiger partial charge on any atom is 0.176 e. The lowest BCUT2D eigenvalue weighted by atomic mass is 9.99. The topological polar surface area (TPSA) is 32.3 Å². The van der Waals surface area contributed by atoms with E-state index in [-0.39, 0.29) is 5.78 Å². The number of nitrogens with one attached hydrogen (secondary N) is 1. The molecule has 0 radical (unpaired) electrons. The van der Waals surface area contributed by atoms with Gasteiger partial charge in [0.1, 0.15) is 0 Å². The molecule has 0 saturated heterocycles. The third-order valence-corrected chi connectivity index (χ3v) is 4.93. The molecule has 1 N–H and O–H groups in total. The first-order valence-corrected chi connectivity index (χ1v) is 8.41. The smallest absolute Gasteiger partial charge is 0.176 e. The van der Waals surface area contributed by atoms with Crippen LogP contribution in [0.4, 0.5) is 5.69 Å². The van der Waals surface area contributed by atoms with E-state index in [1.54, 1.807) is 0 Å². The van der Waals surface area contributed by atoms with E-state index in [9.17, 15) is 4.79 Å². The Balaban J connectivity index is 1.46. The zero-order valence-corrected chi connectivity index (χ0v) is 13.5. The van der Waals surface area contributed by atoms with E-state index in [1.165, 1.54) is 22.4 Å². The number of hydrogen-bond donors (Lipinski definition) is 1. The van der Waals surface area contributed by atoms with Crippen LogP contribution in [0.5, 0.6) is 0 Å². The van der Waals surface area contributed by atoms with Crippen LogP contribution in [0.1, 0.15) is 34.0 Å². The molecule has 0 saturated carbocycles. The van der Waals surface area contributed by atoms with Crippen molar-refractivity contribution >= 4 is 11.5 Å². The van der Waals surface area contributed by atoms with E-state index < -0.39 is 0 Å². The maximum atomic E-state index is 12.6. The minimum Gasteiger partial charge on any atom is -0.382 e. The van der Waals surface area contributed by atoms with Crippen LogP contribution < -0.4 is 5.32 Å². The number of carbonyl (C=O) groups is 1. The molecule has 2 heterocycles. The number of carbonyl (C=O) groups excluding carboxylic acids is 1. The molecular weight excluding hydrogens is 284 g/mol. The van der Waals surface area contributed by atoms with Crippen LogP contribution in [-0.2, 0) is 19.4 Å². The van der Waals surface area contributed by atoms with Gasteiger partial charge in [0.05, 0.1) is 6.54 Å². The van der Waals surface area contributed by atoms with Gasteiger partial charge in [-0.05, 0) is 54.7 Å². The van der Waals surface area contributed by atoms with E-state index in [2.05, 4.69) is 53.5 Å². The average Bonchev–Trinajstić information content (AvgIpc) is 2.93. The minimum absolute atomic E-state index is 0.228. The molecule has 0 aromatic heterocycles. The Labute approximate surface area is 137 Å². The molecule has 3 heteroatoms. The van der Waals surface area contributed by atoms with Gasteiger partial charge in [0.15, 0.2) is 5.78 Å². The Bertz CT molecular complexity index is 753. The van der Waals surface area contributed by atoms with Gasteiger partial charge < -0.3 is 5.32 Å². The zero-order chi connectivity index (χ0) is 15.8. The Morgan fingerprint density at radius 1 is 1.17 bits per heavy atom. The molecule has 118 valence electrons. The Morgan fingerprint density at radius 2 is 2.00 bits per heavy atom. The van der Waals surface area contributed by atoms with Crippen LogP contribution in [0.3, 0.4) is 0 Å².